The molecule has 0 bridgehead atoms. The Labute approximate surface area is 79.0 Å². The van der Waals surface area contributed by atoms with Gasteiger partial charge in [0.15, 0.2) is 0 Å². The first kappa shape index (κ1) is 9.97. The van der Waals surface area contributed by atoms with E-state index in [0.717, 1.165) is 12.1 Å². The molecule has 0 saturated carbocycles. The smallest absolute Gasteiger partial charge is 0.142 e. The molecule has 1 rings (SSSR count). The highest BCUT2D eigenvalue weighted by atomic mass is 35.5. The minimum Gasteiger partial charge on any atom is -0.376 e. The van der Waals surface area contributed by atoms with Crippen LogP contribution in [0, 0.1) is 24.0 Å². The van der Waals surface area contributed by atoms with E-state index >= 15 is 0 Å². The summed E-state index contributed by atoms with van der Waals surface area (Å²) in [6.45, 7) is 0. The monoisotopic (exact) mass is 202 g/mol. The lowest BCUT2D eigenvalue weighted by Crippen LogP contribution is -1.99. The van der Waals surface area contributed by atoms with E-state index in [1.807, 2.05) is 5.92 Å². The van der Waals surface area contributed by atoms with Gasteiger partial charge in [0.1, 0.15) is 17.7 Å². The second-order valence-corrected chi connectivity index (χ2v) is 2.76. The molecular formula is C9H5ClF2O. The standard InChI is InChI=1S/C9H5ClF2O/c1-2-9(13)5-3-8(12)6(10)4-7(5)11/h1,3-4,9,13H. The molecule has 0 spiro atoms. The summed E-state index contributed by atoms with van der Waals surface area (Å²) in [6.07, 6.45) is 3.39. The number of hydrogen-bond donors (Lipinski definition) is 1. The Morgan fingerprint density at radius 3 is 2.54 bits per heavy atom. The summed E-state index contributed by atoms with van der Waals surface area (Å²) in [7, 11) is 0. The third-order valence-electron chi connectivity index (χ3n) is 1.49. The molecule has 1 atom stereocenters. The Kier molecular flexibility index (Phi) is 2.86. The van der Waals surface area contributed by atoms with E-state index in [9.17, 15) is 8.78 Å². The molecule has 13 heavy (non-hydrogen) atoms. The Balaban J connectivity index is 3.25. The van der Waals surface area contributed by atoms with Gasteiger partial charge in [-0.15, -0.1) is 6.42 Å². The van der Waals surface area contributed by atoms with E-state index in [0.29, 0.717) is 0 Å². The summed E-state index contributed by atoms with van der Waals surface area (Å²) in [6, 6.07) is 1.55. The molecular weight excluding hydrogens is 198 g/mol. The van der Waals surface area contributed by atoms with Crippen LogP contribution in [-0.4, -0.2) is 5.11 Å². The maximum absolute atomic E-state index is 13.0. The van der Waals surface area contributed by atoms with Crippen molar-refractivity contribution in [3.63, 3.8) is 0 Å². The summed E-state index contributed by atoms with van der Waals surface area (Å²) >= 11 is 5.29. The number of halogens is 3. The zero-order valence-corrected chi connectivity index (χ0v) is 7.15. The van der Waals surface area contributed by atoms with Crippen molar-refractivity contribution in [3.8, 4) is 12.3 Å². The molecule has 0 saturated heterocycles. The van der Waals surface area contributed by atoms with Crippen LogP contribution < -0.4 is 0 Å². The summed E-state index contributed by atoms with van der Waals surface area (Å²) in [5.41, 5.74) is -0.288. The normalized spacial score (nSPS) is 12.2. The van der Waals surface area contributed by atoms with Crippen LogP contribution in [0.3, 0.4) is 0 Å². The van der Waals surface area contributed by atoms with Crippen LogP contribution in [0.2, 0.25) is 5.02 Å². The molecule has 1 aromatic rings. The van der Waals surface area contributed by atoms with E-state index in [4.69, 9.17) is 23.1 Å². The van der Waals surface area contributed by atoms with Crippen molar-refractivity contribution in [3.05, 3.63) is 34.4 Å². The predicted octanol–water partition coefficient (Wildman–Crippen LogP) is 2.28. The third-order valence-corrected chi connectivity index (χ3v) is 1.78. The van der Waals surface area contributed by atoms with Gasteiger partial charge in [-0.05, 0) is 12.1 Å². The van der Waals surface area contributed by atoms with Crippen LogP contribution >= 0.6 is 11.6 Å². The summed E-state index contributed by atoms with van der Waals surface area (Å²) in [5.74, 6) is 0.240. The zero-order valence-electron chi connectivity index (χ0n) is 6.39. The molecule has 4 heteroatoms. The second kappa shape index (κ2) is 3.73. The number of terminal acetylenes is 1. The fourth-order valence-corrected chi connectivity index (χ4v) is 0.988. The van der Waals surface area contributed by atoms with Crippen LogP contribution in [-0.2, 0) is 0 Å². The van der Waals surface area contributed by atoms with Crippen molar-refractivity contribution in [2.75, 3.05) is 0 Å². The molecule has 0 heterocycles. The number of hydrogen-bond acceptors (Lipinski definition) is 1. The number of rotatable bonds is 1. The molecule has 1 aromatic carbocycles. The minimum atomic E-state index is -1.45. The van der Waals surface area contributed by atoms with Gasteiger partial charge in [-0.2, -0.15) is 0 Å². The van der Waals surface area contributed by atoms with Gasteiger partial charge in [-0.1, -0.05) is 17.5 Å². The lowest BCUT2D eigenvalue weighted by Gasteiger charge is -2.05. The van der Waals surface area contributed by atoms with Crippen molar-refractivity contribution in [1.29, 1.82) is 0 Å². The summed E-state index contributed by atoms with van der Waals surface area (Å²) in [4.78, 5) is 0. The van der Waals surface area contributed by atoms with Crippen LogP contribution in [0.15, 0.2) is 12.1 Å². The molecule has 0 aliphatic heterocycles. The SMILES string of the molecule is C#CC(O)c1cc(F)c(Cl)cc1F. The van der Waals surface area contributed by atoms with Crippen LogP contribution in [0.4, 0.5) is 8.78 Å². The minimum absolute atomic E-state index is 0.288. The van der Waals surface area contributed by atoms with Crippen LogP contribution in [0.5, 0.6) is 0 Å². The first-order chi connectivity index (χ1) is 6.06. The molecule has 1 nitrogen and oxygen atoms in total. The van der Waals surface area contributed by atoms with Gasteiger partial charge in [0.2, 0.25) is 0 Å². The summed E-state index contributed by atoms with van der Waals surface area (Å²) in [5, 5.41) is 8.70. The highest BCUT2D eigenvalue weighted by Crippen LogP contribution is 2.23. The van der Waals surface area contributed by atoms with Crippen molar-refractivity contribution in [1.82, 2.24) is 0 Å². The fraction of sp³-hybridized carbons (Fsp3) is 0.111. The Morgan fingerprint density at radius 1 is 1.38 bits per heavy atom. The second-order valence-electron chi connectivity index (χ2n) is 2.36. The lowest BCUT2D eigenvalue weighted by molar-refractivity contribution is 0.232. The highest BCUT2D eigenvalue weighted by Gasteiger charge is 2.13. The Hall–Kier alpha value is -1.11. The fourth-order valence-electron chi connectivity index (χ4n) is 0.837. The van der Waals surface area contributed by atoms with Crippen LogP contribution in [0.1, 0.15) is 11.7 Å². The van der Waals surface area contributed by atoms with Gasteiger partial charge < -0.3 is 5.11 Å². The van der Waals surface area contributed by atoms with Gasteiger partial charge >= 0.3 is 0 Å². The Bertz CT molecular complexity index is 371. The van der Waals surface area contributed by atoms with E-state index in [1.165, 1.54) is 0 Å². The maximum atomic E-state index is 13.0. The highest BCUT2D eigenvalue weighted by molar-refractivity contribution is 6.30. The number of benzene rings is 1. The molecule has 0 aliphatic carbocycles. The Morgan fingerprint density at radius 2 is 2.00 bits per heavy atom. The molecule has 0 amide bonds. The third kappa shape index (κ3) is 1.97. The molecule has 1 N–H and O–H groups in total. The van der Waals surface area contributed by atoms with E-state index in [-0.39, 0.29) is 10.6 Å². The molecule has 0 radical (unpaired) electrons. The molecule has 0 aromatic heterocycles. The molecule has 1 unspecified atom stereocenters. The summed E-state index contributed by atoms with van der Waals surface area (Å²) < 4.78 is 25.7. The van der Waals surface area contributed by atoms with E-state index in [2.05, 4.69) is 0 Å². The van der Waals surface area contributed by atoms with E-state index < -0.39 is 17.7 Å². The zero-order chi connectivity index (χ0) is 10.0. The van der Waals surface area contributed by atoms with Gasteiger partial charge in [-0.3, -0.25) is 0 Å². The maximum Gasteiger partial charge on any atom is 0.142 e. The topological polar surface area (TPSA) is 20.2 Å². The first-order valence-corrected chi connectivity index (χ1v) is 3.72. The van der Waals surface area contributed by atoms with Gasteiger partial charge in [0.25, 0.3) is 0 Å². The average molecular weight is 203 g/mol. The predicted molar refractivity (Wildman–Crippen MR) is 45.2 cm³/mol. The quantitative estimate of drug-likeness (QED) is 0.547. The lowest BCUT2D eigenvalue weighted by atomic mass is 10.1. The van der Waals surface area contributed by atoms with Crippen molar-refractivity contribution >= 4 is 11.6 Å². The van der Waals surface area contributed by atoms with Gasteiger partial charge in [0, 0.05) is 5.56 Å². The molecule has 0 aliphatic rings. The van der Waals surface area contributed by atoms with Crippen molar-refractivity contribution in [2.24, 2.45) is 0 Å². The number of aliphatic hydroxyl groups excluding tert-OH is 1. The van der Waals surface area contributed by atoms with Gasteiger partial charge in [-0.25, -0.2) is 8.78 Å². The first-order valence-electron chi connectivity index (χ1n) is 3.35. The van der Waals surface area contributed by atoms with Crippen LogP contribution in [0.25, 0.3) is 0 Å². The largest absolute Gasteiger partial charge is 0.376 e. The molecule has 68 valence electrons. The van der Waals surface area contributed by atoms with Crippen molar-refractivity contribution < 1.29 is 13.9 Å². The van der Waals surface area contributed by atoms with E-state index in [1.54, 1.807) is 0 Å². The molecule has 0 fully saturated rings. The van der Waals surface area contributed by atoms with Crippen molar-refractivity contribution in [2.45, 2.75) is 6.10 Å². The number of aliphatic hydroxyl groups is 1. The average Bonchev–Trinajstić information content (AvgIpc) is 2.10. The van der Waals surface area contributed by atoms with Gasteiger partial charge in [0.05, 0.1) is 5.02 Å².